The zero-order valence-corrected chi connectivity index (χ0v) is 25.9. The molecule has 0 saturated carbocycles. The van der Waals surface area contributed by atoms with Gasteiger partial charge in [0.15, 0.2) is 0 Å². The van der Waals surface area contributed by atoms with Crippen LogP contribution in [0.1, 0.15) is 95.0 Å². The third-order valence-electron chi connectivity index (χ3n) is 7.31. The fourth-order valence-electron chi connectivity index (χ4n) is 4.63. The summed E-state index contributed by atoms with van der Waals surface area (Å²) in [7, 11) is 0. The van der Waals surface area contributed by atoms with Gasteiger partial charge in [-0.25, -0.2) is 4.98 Å². The first-order valence-corrected chi connectivity index (χ1v) is 15.1. The van der Waals surface area contributed by atoms with E-state index in [9.17, 15) is 9.90 Å². The average molecular weight is 565 g/mol. The fraction of sp³-hybridized carbons (Fsp3) is 0.545. The standard InChI is InChI=1S/C33H52N6O2/c1-6-9-29(18-21-40)38-32-30(26(5)37-33(34)39-32)22-27-13-15-28(16-14-27)23-35-19-20-36-31(41)17-12-25(4)11-8-10-24(3)7-2/h7,11,13-16,29,35,40H,6,8-10,12,17-23H2,1-5H3,(H,36,41)(H3,34,37,38,39)/b24-7+,25-11+/t29-/m0/s1. The normalized spacial score (nSPS) is 12.8. The number of hydrogen-bond acceptors (Lipinski definition) is 7. The Labute approximate surface area is 247 Å². The van der Waals surface area contributed by atoms with Gasteiger partial charge in [0.05, 0.1) is 0 Å². The van der Waals surface area contributed by atoms with Gasteiger partial charge in [0, 0.05) is 56.4 Å². The first-order valence-electron chi connectivity index (χ1n) is 15.1. The summed E-state index contributed by atoms with van der Waals surface area (Å²) in [6, 6.07) is 8.65. The maximum absolute atomic E-state index is 12.2. The van der Waals surface area contributed by atoms with Crippen molar-refractivity contribution < 1.29 is 9.90 Å². The van der Waals surface area contributed by atoms with Gasteiger partial charge in [0.1, 0.15) is 5.82 Å². The van der Waals surface area contributed by atoms with E-state index >= 15 is 0 Å². The quantitative estimate of drug-likeness (QED) is 0.111. The van der Waals surface area contributed by atoms with Crippen molar-refractivity contribution in [3.05, 3.63) is 69.9 Å². The van der Waals surface area contributed by atoms with Crippen LogP contribution in [0.5, 0.6) is 0 Å². The molecule has 8 heteroatoms. The number of aliphatic hydroxyl groups excluding tert-OH is 1. The number of nitrogen functional groups attached to an aromatic ring is 1. The molecular weight excluding hydrogens is 512 g/mol. The van der Waals surface area contributed by atoms with Gasteiger partial charge < -0.3 is 26.8 Å². The molecular formula is C33H52N6O2. The molecule has 0 radical (unpaired) electrons. The van der Waals surface area contributed by atoms with Gasteiger partial charge >= 0.3 is 0 Å². The van der Waals surface area contributed by atoms with Crippen LogP contribution in [0.4, 0.5) is 11.8 Å². The highest BCUT2D eigenvalue weighted by atomic mass is 16.3. The number of nitrogens with one attached hydrogen (secondary N) is 3. The summed E-state index contributed by atoms with van der Waals surface area (Å²) in [4.78, 5) is 21.1. The number of benzene rings is 1. The number of amides is 1. The van der Waals surface area contributed by atoms with Crippen LogP contribution in [-0.4, -0.2) is 46.7 Å². The van der Waals surface area contributed by atoms with Crippen LogP contribution in [0.3, 0.4) is 0 Å². The highest BCUT2D eigenvalue weighted by molar-refractivity contribution is 5.76. The molecule has 0 spiro atoms. The number of carbonyl (C=O) groups excluding carboxylic acids is 1. The lowest BCUT2D eigenvalue weighted by Gasteiger charge is -2.21. The second kappa shape index (κ2) is 19.0. The summed E-state index contributed by atoms with van der Waals surface area (Å²) in [6.45, 7) is 12.6. The van der Waals surface area contributed by atoms with E-state index in [2.05, 4.69) is 90.0 Å². The molecule has 6 N–H and O–H groups in total. The molecule has 1 heterocycles. The highest BCUT2D eigenvalue weighted by Crippen LogP contribution is 2.23. The van der Waals surface area contributed by atoms with E-state index in [4.69, 9.17) is 5.73 Å². The average Bonchev–Trinajstić information content (AvgIpc) is 2.94. The van der Waals surface area contributed by atoms with Crippen molar-refractivity contribution in [1.29, 1.82) is 0 Å². The van der Waals surface area contributed by atoms with Gasteiger partial charge in [0.2, 0.25) is 11.9 Å². The molecule has 0 aliphatic heterocycles. The van der Waals surface area contributed by atoms with Crippen molar-refractivity contribution in [3.63, 3.8) is 0 Å². The summed E-state index contributed by atoms with van der Waals surface area (Å²) in [5.74, 6) is 1.10. The molecule has 1 aromatic carbocycles. The molecule has 8 nitrogen and oxygen atoms in total. The molecule has 1 aromatic heterocycles. The molecule has 0 saturated heterocycles. The Kier molecular flexibility index (Phi) is 15.7. The molecule has 1 atom stereocenters. The number of carbonyl (C=O) groups is 1. The van der Waals surface area contributed by atoms with Gasteiger partial charge in [-0.1, -0.05) is 60.9 Å². The third-order valence-corrected chi connectivity index (χ3v) is 7.31. The van der Waals surface area contributed by atoms with Crippen LogP contribution in [-0.2, 0) is 17.8 Å². The zero-order valence-electron chi connectivity index (χ0n) is 25.9. The fourth-order valence-corrected chi connectivity index (χ4v) is 4.63. The van der Waals surface area contributed by atoms with Crippen molar-refractivity contribution in [2.45, 2.75) is 98.6 Å². The van der Waals surface area contributed by atoms with E-state index in [-0.39, 0.29) is 24.5 Å². The SMILES string of the molecule is C/C=C(\C)CC/C=C(\C)CCC(=O)NCCNCc1ccc(Cc2c(C)nc(N)nc2N[C@@H](CCC)CCO)cc1. The van der Waals surface area contributed by atoms with Crippen molar-refractivity contribution >= 4 is 17.7 Å². The van der Waals surface area contributed by atoms with Gasteiger partial charge in [-0.2, -0.15) is 4.98 Å². The first kappa shape index (κ1) is 34.0. The Morgan fingerprint density at radius 3 is 2.44 bits per heavy atom. The van der Waals surface area contributed by atoms with Crippen LogP contribution in [0.25, 0.3) is 0 Å². The predicted molar refractivity (Wildman–Crippen MR) is 171 cm³/mol. The Balaban J connectivity index is 1.79. The molecule has 41 heavy (non-hydrogen) atoms. The molecule has 0 aliphatic carbocycles. The number of anilines is 2. The minimum atomic E-state index is 0.0988. The molecule has 0 bridgehead atoms. The van der Waals surface area contributed by atoms with Gasteiger partial charge in [0.25, 0.3) is 0 Å². The molecule has 1 amide bonds. The topological polar surface area (TPSA) is 125 Å². The second-order valence-electron chi connectivity index (χ2n) is 10.9. The molecule has 2 rings (SSSR count). The third kappa shape index (κ3) is 13.3. The Morgan fingerprint density at radius 2 is 1.76 bits per heavy atom. The summed E-state index contributed by atoms with van der Waals surface area (Å²) < 4.78 is 0. The van der Waals surface area contributed by atoms with E-state index < -0.39 is 0 Å². The van der Waals surface area contributed by atoms with E-state index in [1.54, 1.807) is 0 Å². The molecule has 226 valence electrons. The maximum atomic E-state index is 12.2. The number of allylic oxidation sites excluding steroid dienone is 4. The van der Waals surface area contributed by atoms with E-state index in [1.807, 2.05) is 6.92 Å². The number of aromatic nitrogens is 2. The van der Waals surface area contributed by atoms with Crippen molar-refractivity contribution in [2.24, 2.45) is 0 Å². The van der Waals surface area contributed by atoms with E-state index in [0.717, 1.165) is 61.3 Å². The lowest BCUT2D eigenvalue weighted by atomic mass is 10.0. The number of rotatable bonds is 19. The summed E-state index contributed by atoms with van der Waals surface area (Å²) in [5, 5.41) is 19.4. The van der Waals surface area contributed by atoms with Crippen LogP contribution < -0.4 is 21.7 Å². The number of nitrogens with two attached hydrogens (primary N) is 1. The van der Waals surface area contributed by atoms with Crippen molar-refractivity contribution in [2.75, 3.05) is 30.7 Å². The summed E-state index contributed by atoms with van der Waals surface area (Å²) in [6.07, 6.45) is 11.2. The predicted octanol–water partition coefficient (Wildman–Crippen LogP) is 5.60. The maximum Gasteiger partial charge on any atom is 0.222 e. The van der Waals surface area contributed by atoms with Crippen LogP contribution in [0.2, 0.25) is 0 Å². The number of nitrogens with zero attached hydrogens (tertiary/aromatic N) is 2. The molecule has 2 aromatic rings. The summed E-state index contributed by atoms with van der Waals surface area (Å²) >= 11 is 0. The first-order chi connectivity index (χ1) is 19.7. The molecule has 0 fully saturated rings. The van der Waals surface area contributed by atoms with Crippen LogP contribution >= 0.6 is 0 Å². The van der Waals surface area contributed by atoms with Gasteiger partial charge in [-0.15, -0.1) is 0 Å². The molecule has 0 unspecified atom stereocenters. The summed E-state index contributed by atoms with van der Waals surface area (Å²) in [5.41, 5.74) is 12.9. The largest absolute Gasteiger partial charge is 0.396 e. The Hall–Kier alpha value is -3.23. The molecule has 0 aliphatic rings. The van der Waals surface area contributed by atoms with Gasteiger partial charge in [-0.05, 0) is 70.9 Å². The Bertz CT molecular complexity index is 1120. The van der Waals surface area contributed by atoms with Crippen molar-refractivity contribution in [3.8, 4) is 0 Å². The Morgan fingerprint density at radius 1 is 1.02 bits per heavy atom. The zero-order chi connectivity index (χ0) is 30.0. The number of hydrogen-bond donors (Lipinski definition) is 5. The highest BCUT2D eigenvalue weighted by Gasteiger charge is 2.15. The minimum absolute atomic E-state index is 0.0988. The van der Waals surface area contributed by atoms with Crippen molar-refractivity contribution in [1.82, 2.24) is 20.6 Å². The lowest BCUT2D eigenvalue weighted by Crippen LogP contribution is -2.31. The van der Waals surface area contributed by atoms with E-state index in [1.165, 1.54) is 16.7 Å². The van der Waals surface area contributed by atoms with E-state index in [0.29, 0.717) is 32.4 Å². The second-order valence-corrected chi connectivity index (χ2v) is 10.9. The van der Waals surface area contributed by atoms with Gasteiger partial charge in [-0.3, -0.25) is 4.79 Å². The lowest BCUT2D eigenvalue weighted by molar-refractivity contribution is -0.121. The van der Waals surface area contributed by atoms with Crippen LogP contribution in [0.15, 0.2) is 47.6 Å². The monoisotopic (exact) mass is 564 g/mol. The minimum Gasteiger partial charge on any atom is -0.396 e. The number of aliphatic hydroxyl groups is 1. The van der Waals surface area contributed by atoms with Crippen LogP contribution in [0, 0.1) is 6.92 Å². The smallest absolute Gasteiger partial charge is 0.222 e. The number of aryl methyl sites for hydroxylation is 1.